The first kappa shape index (κ1) is 19.7. The van der Waals surface area contributed by atoms with E-state index in [9.17, 15) is 4.79 Å². The number of aromatic amines is 1. The molecule has 0 saturated heterocycles. The minimum Gasteiger partial charge on any atom is -0.493 e. The molecule has 0 radical (unpaired) electrons. The van der Waals surface area contributed by atoms with Crippen LogP contribution in [0, 0.1) is 0 Å². The number of amides is 1. The van der Waals surface area contributed by atoms with E-state index in [1.54, 1.807) is 0 Å². The van der Waals surface area contributed by atoms with Crippen LogP contribution in [0.15, 0.2) is 58.2 Å². The standard InChI is InChI=1S/C23H22N4O3S/c1-2-29-20-10-6-4-8-16(20)22-25-26-23(30-22)31-14-21(28)27-12-11-19-17(13-27)15-7-3-5-9-18(15)24-19/h3-10,24H,2,11-14H2,1H3. The Morgan fingerprint density at radius 3 is 2.94 bits per heavy atom. The van der Waals surface area contributed by atoms with Crippen LogP contribution in [0.25, 0.3) is 22.4 Å². The van der Waals surface area contributed by atoms with Crippen molar-refractivity contribution < 1.29 is 13.9 Å². The second kappa shape index (κ2) is 8.47. The maximum Gasteiger partial charge on any atom is 0.277 e. The number of nitrogens with one attached hydrogen (secondary N) is 1. The van der Waals surface area contributed by atoms with E-state index in [0.29, 0.717) is 36.6 Å². The van der Waals surface area contributed by atoms with Gasteiger partial charge in [-0.1, -0.05) is 42.1 Å². The first-order valence-electron chi connectivity index (χ1n) is 10.3. The first-order valence-corrected chi connectivity index (χ1v) is 11.3. The number of benzene rings is 2. The maximum absolute atomic E-state index is 12.8. The van der Waals surface area contributed by atoms with E-state index < -0.39 is 0 Å². The Bertz CT molecular complexity index is 1230. The molecule has 0 spiro atoms. The summed E-state index contributed by atoms with van der Waals surface area (Å²) < 4.78 is 11.4. The van der Waals surface area contributed by atoms with Gasteiger partial charge < -0.3 is 19.0 Å². The van der Waals surface area contributed by atoms with Crippen LogP contribution in [-0.4, -0.2) is 44.9 Å². The van der Waals surface area contributed by atoms with Gasteiger partial charge in [0.15, 0.2) is 0 Å². The van der Waals surface area contributed by atoms with Crippen molar-refractivity contribution in [1.82, 2.24) is 20.1 Å². The highest BCUT2D eigenvalue weighted by molar-refractivity contribution is 7.99. The van der Waals surface area contributed by atoms with Crippen molar-refractivity contribution in [3.63, 3.8) is 0 Å². The van der Waals surface area contributed by atoms with Crippen LogP contribution in [0.4, 0.5) is 0 Å². The highest BCUT2D eigenvalue weighted by atomic mass is 32.2. The van der Waals surface area contributed by atoms with E-state index in [1.807, 2.05) is 48.2 Å². The Kier molecular flexibility index (Phi) is 5.38. The molecule has 0 unspecified atom stereocenters. The number of H-pyrrole nitrogens is 1. The third kappa shape index (κ3) is 3.90. The zero-order valence-electron chi connectivity index (χ0n) is 17.1. The molecule has 0 atom stereocenters. The average molecular weight is 435 g/mol. The number of para-hydroxylation sites is 2. The topological polar surface area (TPSA) is 84.3 Å². The molecule has 1 aliphatic rings. The summed E-state index contributed by atoms with van der Waals surface area (Å²) in [5.74, 6) is 1.41. The summed E-state index contributed by atoms with van der Waals surface area (Å²) in [6.07, 6.45) is 0.833. The lowest BCUT2D eigenvalue weighted by Gasteiger charge is -2.27. The third-order valence-corrected chi connectivity index (χ3v) is 6.18. The van der Waals surface area contributed by atoms with Crippen LogP contribution < -0.4 is 4.74 Å². The number of hydrogen-bond donors (Lipinski definition) is 1. The molecule has 5 rings (SSSR count). The zero-order chi connectivity index (χ0) is 21.2. The Morgan fingerprint density at radius 2 is 2.03 bits per heavy atom. The minimum absolute atomic E-state index is 0.0652. The molecule has 1 amide bonds. The Balaban J connectivity index is 1.25. The lowest BCUT2D eigenvalue weighted by molar-refractivity contribution is -0.129. The molecular formula is C23H22N4O3S. The summed E-state index contributed by atoms with van der Waals surface area (Å²) in [5, 5.41) is 9.79. The molecule has 1 N–H and O–H groups in total. The second-order valence-corrected chi connectivity index (χ2v) is 8.21. The fourth-order valence-corrected chi connectivity index (χ4v) is 4.56. The monoisotopic (exact) mass is 434 g/mol. The Labute approximate surface area is 183 Å². The second-order valence-electron chi connectivity index (χ2n) is 7.28. The van der Waals surface area contributed by atoms with Crippen LogP contribution in [0.2, 0.25) is 0 Å². The van der Waals surface area contributed by atoms with Crippen LogP contribution in [0.3, 0.4) is 0 Å². The molecule has 4 aromatic rings. The molecule has 158 valence electrons. The number of carbonyl (C=O) groups excluding carboxylic acids is 1. The van der Waals surface area contributed by atoms with Gasteiger partial charge in [-0.2, -0.15) is 0 Å². The zero-order valence-corrected chi connectivity index (χ0v) is 17.9. The van der Waals surface area contributed by atoms with Gasteiger partial charge in [0.1, 0.15) is 5.75 Å². The fourth-order valence-electron chi connectivity index (χ4n) is 3.90. The van der Waals surface area contributed by atoms with E-state index >= 15 is 0 Å². The number of ether oxygens (including phenoxy) is 1. The predicted molar refractivity (Wildman–Crippen MR) is 119 cm³/mol. The molecular weight excluding hydrogens is 412 g/mol. The molecule has 0 aliphatic carbocycles. The summed E-state index contributed by atoms with van der Waals surface area (Å²) >= 11 is 1.26. The van der Waals surface area contributed by atoms with Gasteiger partial charge in [-0.15, -0.1) is 10.2 Å². The van der Waals surface area contributed by atoms with E-state index in [2.05, 4.69) is 27.3 Å². The number of aromatic nitrogens is 3. The molecule has 2 aromatic carbocycles. The normalized spacial score (nSPS) is 13.4. The van der Waals surface area contributed by atoms with Gasteiger partial charge in [0.2, 0.25) is 5.91 Å². The lowest BCUT2D eigenvalue weighted by atomic mass is 10.0. The first-order chi connectivity index (χ1) is 15.2. The smallest absolute Gasteiger partial charge is 0.277 e. The van der Waals surface area contributed by atoms with Gasteiger partial charge in [-0.25, -0.2) is 0 Å². The van der Waals surface area contributed by atoms with E-state index in [-0.39, 0.29) is 11.7 Å². The molecule has 2 aromatic heterocycles. The number of thioether (sulfide) groups is 1. The Hall–Kier alpha value is -3.26. The van der Waals surface area contributed by atoms with Gasteiger partial charge in [0, 0.05) is 41.7 Å². The van der Waals surface area contributed by atoms with Crippen molar-refractivity contribution in [2.45, 2.75) is 25.1 Å². The van der Waals surface area contributed by atoms with Gasteiger partial charge in [0.25, 0.3) is 11.1 Å². The number of fused-ring (bicyclic) bond motifs is 3. The van der Waals surface area contributed by atoms with Crippen molar-refractivity contribution in [1.29, 1.82) is 0 Å². The maximum atomic E-state index is 12.8. The highest BCUT2D eigenvalue weighted by Crippen LogP contribution is 2.31. The van der Waals surface area contributed by atoms with Crippen molar-refractivity contribution in [3.05, 3.63) is 59.8 Å². The van der Waals surface area contributed by atoms with Crippen molar-refractivity contribution in [2.24, 2.45) is 0 Å². The van der Waals surface area contributed by atoms with Crippen LogP contribution in [0.1, 0.15) is 18.2 Å². The number of rotatable bonds is 6. The lowest BCUT2D eigenvalue weighted by Crippen LogP contribution is -2.36. The molecule has 0 saturated carbocycles. The van der Waals surface area contributed by atoms with E-state index in [1.165, 1.54) is 28.4 Å². The van der Waals surface area contributed by atoms with Gasteiger partial charge >= 0.3 is 0 Å². The quantitative estimate of drug-likeness (QED) is 0.456. The highest BCUT2D eigenvalue weighted by Gasteiger charge is 2.24. The molecule has 0 fully saturated rings. The minimum atomic E-state index is 0.0652. The summed E-state index contributed by atoms with van der Waals surface area (Å²) in [6.45, 7) is 3.80. The van der Waals surface area contributed by atoms with Crippen LogP contribution >= 0.6 is 11.8 Å². The molecule has 31 heavy (non-hydrogen) atoms. The summed E-state index contributed by atoms with van der Waals surface area (Å²) in [7, 11) is 0. The molecule has 0 bridgehead atoms. The van der Waals surface area contributed by atoms with Crippen LogP contribution in [0.5, 0.6) is 5.75 Å². The fraction of sp³-hybridized carbons (Fsp3) is 0.261. The molecule has 7 nitrogen and oxygen atoms in total. The van der Waals surface area contributed by atoms with E-state index in [4.69, 9.17) is 9.15 Å². The predicted octanol–water partition coefficient (Wildman–Crippen LogP) is 4.29. The summed E-state index contributed by atoms with van der Waals surface area (Å²) in [4.78, 5) is 18.2. The summed E-state index contributed by atoms with van der Waals surface area (Å²) in [5.41, 5.74) is 4.32. The number of nitrogens with zero attached hydrogens (tertiary/aromatic N) is 3. The SMILES string of the molecule is CCOc1ccccc1-c1nnc(SCC(=O)N2CCc3[nH]c4ccccc4c3C2)o1. The van der Waals surface area contributed by atoms with Gasteiger partial charge in [-0.05, 0) is 25.1 Å². The van der Waals surface area contributed by atoms with Crippen LogP contribution in [-0.2, 0) is 17.8 Å². The number of carbonyl (C=O) groups is 1. The van der Waals surface area contributed by atoms with Crippen molar-refractivity contribution in [3.8, 4) is 17.2 Å². The van der Waals surface area contributed by atoms with Gasteiger partial charge in [-0.3, -0.25) is 4.79 Å². The molecule has 8 heteroatoms. The van der Waals surface area contributed by atoms with Crippen molar-refractivity contribution >= 4 is 28.6 Å². The Morgan fingerprint density at radius 1 is 1.19 bits per heavy atom. The molecule has 1 aliphatic heterocycles. The van der Waals surface area contributed by atoms with Crippen molar-refractivity contribution in [2.75, 3.05) is 18.9 Å². The largest absolute Gasteiger partial charge is 0.493 e. The van der Waals surface area contributed by atoms with E-state index in [0.717, 1.165) is 17.5 Å². The number of hydrogen-bond acceptors (Lipinski definition) is 6. The third-order valence-electron chi connectivity index (χ3n) is 5.38. The van der Waals surface area contributed by atoms with Gasteiger partial charge in [0.05, 0.1) is 17.9 Å². The molecule has 3 heterocycles. The summed E-state index contributed by atoms with van der Waals surface area (Å²) in [6, 6.07) is 15.8. The average Bonchev–Trinajstić information content (AvgIpc) is 3.42.